The Morgan fingerprint density at radius 2 is 2.09 bits per heavy atom. The van der Waals surface area contributed by atoms with Gasteiger partial charge in [-0.3, -0.25) is 0 Å². The number of rotatable bonds is 2. The standard InChI is InChI=1S/C17H19N3O3/c1-11-18-6-4-17(19-11)20-7-5-13(14(21)9-20)12-2-3-15-16(8-12)23-10-22-15/h2-4,6,8,13-14,21H,5,7,9-10H2,1H3/t13-,14+/m0/s1. The van der Waals surface area contributed by atoms with E-state index in [1.807, 2.05) is 31.2 Å². The second kappa shape index (κ2) is 5.70. The SMILES string of the molecule is Cc1nccc(N2CC[C@@H](c3ccc4c(c3)OCO4)[C@H](O)C2)n1. The Hall–Kier alpha value is -2.34. The molecule has 2 atom stereocenters. The van der Waals surface area contributed by atoms with Gasteiger partial charge in [0, 0.05) is 25.2 Å². The van der Waals surface area contributed by atoms with E-state index in [4.69, 9.17) is 9.47 Å². The minimum atomic E-state index is -0.445. The van der Waals surface area contributed by atoms with Crippen molar-refractivity contribution in [2.75, 3.05) is 24.8 Å². The molecule has 0 unspecified atom stereocenters. The zero-order chi connectivity index (χ0) is 15.8. The average molecular weight is 313 g/mol. The summed E-state index contributed by atoms with van der Waals surface area (Å²) < 4.78 is 10.8. The van der Waals surface area contributed by atoms with Crippen LogP contribution in [0.25, 0.3) is 0 Å². The van der Waals surface area contributed by atoms with Crippen molar-refractivity contribution < 1.29 is 14.6 Å². The van der Waals surface area contributed by atoms with E-state index in [1.165, 1.54) is 0 Å². The predicted octanol–water partition coefficient (Wildman–Crippen LogP) is 1.87. The van der Waals surface area contributed by atoms with Crippen LogP contribution in [0, 0.1) is 6.92 Å². The molecule has 1 aromatic carbocycles. The molecule has 6 nitrogen and oxygen atoms in total. The first-order chi connectivity index (χ1) is 11.2. The number of fused-ring (bicyclic) bond motifs is 1. The van der Waals surface area contributed by atoms with Crippen LogP contribution < -0.4 is 14.4 Å². The zero-order valence-corrected chi connectivity index (χ0v) is 13.0. The molecule has 1 N–H and O–H groups in total. The fraction of sp³-hybridized carbons (Fsp3) is 0.412. The summed E-state index contributed by atoms with van der Waals surface area (Å²) in [6, 6.07) is 7.82. The molecule has 1 fully saturated rings. The molecule has 6 heteroatoms. The van der Waals surface area contributed by atoms with Crippen molar-refractivity contribution in [3.8, 4) is 11.5 Å². The van der Waals surface area contributed by atoms with Crippen LogP contribution in [0.1, 0.15) is 23.7 Å². The number of piperidine rings is 1. The van der Waals surface area contributed by atoms with Gasteiger partial charge >= 0.3 is 0 Å². The second-order valence-electron chi connectivity index (χ2n) is 5.98. The summed E-state index contributed by atoms with van der Waals surface area (Å²) in [4.78, 5) is 10.7. The average Bonchev–Trinajstić information content (AvgIpc) is 3.02. The molecule has 0 aliphatic carbocycles. The van der Waals surface area contributed by atoms with E-state index in [9.17, 15) is 5.11 Å². The highest BCUT2D eigenvalue weighted by Crippen LogP contribution is 2.37. The highest BCUT2D eigenvalue weighted by Gasteiger charge is 2.30. The van der Waals surface area contributed by atoms with Gasteiger partial charge in [0.1, 0.15) is 11.6 Å². The van der Waals surface area contributed by atoms with Crippen LogP contribution in [-0.2, 0) is 0 Å². The number of benzene rings is 1. The first-order valence-corrected chi connectivity index (χ1v) is 7.83. The minimum absolute atomic E-state index is 0.101. The summed E-state index contributed by atoms with van der Waals surface area (Å²) in [5, 5.41) is 10.6. The number of hydrogen-bond acceptors (Lipinski definition) is 6. The van der Waals surface area contributed by atoms with Gasteiger partial charge in [-0.15, -0.1) is 0 Å². The Morgan fingerprint density at radius 3 is 2.91 bits per heavy atom. The molecule has 4 rings (SSSR count). The van der Waals surface area contributed by atoms with Crippen LogP contribution in [0.5, 0.6) is 11.5 Å². The number of aliphatic hydroxyl groups excluding tert-OH is 1. The molecule has 0 saturated carbocycles. The molecular weight excluding hydrogens is 294 g/mol. The maximum absolute atomic E-state index is 10.6. The Labute approximate surface area is 134 Å². The molecule has 0 spiro atoms. The predicted molar refractivity (Wildman–Crippen MR) is 84.9 cm³/mol. The number of β-amino-alcohol motifs (C(OH)–C–C–N with tert-alkyl or cyclic N) is 1. The first kappa shape index (κ1) is 14.3. The lowest BCUT2D eigenvalue weighted by Gasteiger charge is -2.36. The maximum atomic E-state index is 10.6. The lowest BCUT2D eigenvalue weighted by molar-refractivity contribution is 0.129. The van der Waals surface area contributed by atoms with Gasteiger partial charge in [-0.25, -0.2) is 9.97 Å². The first-order valence-electron chi connectivity index (χ1n) is 7.83. The third kappa shape index (κ3) is 2.70. The Kier molecular flexibility index (Phi) is 3.53. The number of aromatic nitrogens is 2. The third-order valence-corrected chi connectivity index (χ3v) is 4.49. The fourth-order valence-corrected chi connectivity index (χ4v) is 3.29. The Morgan fingerprint density at radius 1 is 1.22 bits per heavy atom. The summed E-state index contributed by atoms with van der Waals surface area (Å²) in [5.74, 6) is 3.26. The minimum Gasteiger partial charge on any atom is -0.454 e. The summed E-state index contributed by atoms with van der Waals surface area (Å²) >= 11 is 0. The van der Waals surface area contributed by atoms with E-state index in [2.05, 4.69) is 14.9 Å². The molecule has 2 aliphatic heterocycles. The van der Waals surface area contributed by atoms with Gasteiger partial charge in [0.25, 0.3) is 0 Å². The third-order valence-electron chi connectivity index (χ3n) is 4.49. The molecule has 3 heterocycles. The van der Waals surface area contributed by atoms with Crippen molar-refractivity contribution in [1.29, 1.82) is 0 Å². The number of aryl methyl sites for hydroxylation is 1. The normalized spacial score (nSPS) is 23.1. The number of hydrogen-bond donors (Lipinski definition) is 1. The van der Waals surface area contributed by atoms with Gasteiger partial charge < -0.3 is 19.5 Å². The molecule has 1 saturated heterocycles. The Bertz CT molecular complexity index is 722. The fourth-order valence-electron chi connectivity index (χ4n) is 3.29. The summed E-state index contributed by atoms with van der Waals surface area (Å²) in [5.41, 5.74) is 1.10. The van der Waals surface area contributed by atoms with Gasteiger partial charge in [0.05, 0.1) is 6.10 Å². The highest BCUT2D eigenvalue weighted by molar-refractivity contribution is 5.46. The summed E-state index contributed by atoms with van der Waals surface area (Å²) in [7, 11) is 0. The summed E-state index contributed by atoms with van der Waals surface area (Å²) in [6.45, 7) is 3.56. The van der Waals surface area contributed by atoms with Crippen LogP contribution in [0.4, 0.5) is 5.82 Å². The van der Waals surface area contributed by atoms with Gasteiger partial charge in [-0.2, -0.15) is 0 Å². The van der Waals surface area contributed by atoms with Crippen molar-refractivity contribution in [3.05, 3.63) is 41.9 Å². The van der Waals surface area contributed by atoms with E-state index in [-0.39, 0.29) is 12.7 Å². The molecule has 23 heavy (non-hydrogen) atoms. The molecule has 0 bridgehead atoms. The van der Waals surface area contributed by atoms with E-state index in [1.54, 1.807) is 6.20 Å². The molecule has 120 valence electrons. The van der Waals surface area contributed by atoms with Gasteiger partial charge in [-0.05, 0) is 37.1 Å². The van der Waals surface area contributed by atoms with Crippen LogP contribution in [-0.4, -0.2) is 41.1 Å². The topological polar surface area (TPSA) is 67.7 Å². The van der Waals surface area contributed by atoms with Gasteiger partial charge in [0.2, 0.25) is 6.79 Å². The zero-order valence-electron chi connectivity index (χ0n) is 13.0. The van der Waals surface area contributed by atoms with E-state index in [0.717, 1.165) is 41.7 Å². The number of nitrogens with zero attached hydrogens (tertiary/aromatic N) is 3. The smallest absolute Gasteiger partial charge is 0.231 e. The number of ether oxygens (including phenoxy) is 2. The Balaban J connectivity index is 1.51. The van der Waals surface area contributed by atoms with Crippen molar-refractivity contribution in [3.63, 3.8) is 0 Å². The van der Waals surface area contributed by atoms with Crippen LogP contribution in [0.15, 0.2) is 30.5 Å². The van der Waals surface area contributed by atoms with E-state index >= 15 is 0 Å². The molecule has 0 radical (unpaired) electrons. The van der Waals surface area contributed by atoms with E-state index < -0.39 is 6.10 Å². The molecule has 2 aromatic rings. The number of anilines is 1. The molecule has 2 aliphatic rings. The van der Waals surface area contributed by atoms with Crippen LogP contribution >= 0.6 is 0 Å². The monoisotopic (exact) mass is 313 g/mol. The van der Waals surface area contributed by atoms with Crippen molar-refractivity contribution >= 4 is 5.82 Å². The van der Waals surface area contributed by atoms with E-state index in [0.29, 0.717) is 6.54 Å². The molecule has 1 aromatic heterocycles. The molecule has 0 amide bonds. The second-order valence-corrected chi connectivity index (χ2v) is 5.98. The van der Waals surface area contributed by atoms with Crippen molar-refractivity contribution in [2.45, 2.75) is 25.4 Å². The van der Waals surface area contributed by atoms with Crippen molar-refractivity contribution in [1.82, 2.24) is 9.97 Å². The van der Waals surface area contributed by atoms with Crippen LogP contribution in [0.3, 0.4) is 0 Å². The summed E-state index contributed by atoms with van der Waals surface area (Å²) in [6.07, 6.45) is 2.18. The largest absolute Gasteiger partial charge is 0.454 e. The highest BCUT2D eigenvalue weighted by atomic mass is 16.7. The molecular formula is C17H19N3O3. The van der Waals surface area contributed by atoms with Crippen molar-refractivity contribution in [2.24, 2.45) is 0 Å². The van der Waals surface area contributed by atoms with Gasteiger partial charge in [-0.1, -0.05) is 6.07 Å². The lowest BCUT2D eigenvalue weighted by atomic mass is 9.87. The van der Waals surface area contributed by atoms with Crippen LogP contribution in [0.2, 0.25) is 0 Å². The number of aliphatic hydroxyl groups is 1. The maximum Gasteiger partial charge on any atom is 0.231 e. The quantitative estimate of drug-likeness (QED) is 0.913. The lowest BCUT2D eigenvalue weighted by Crippen LogP contribution is -2.43. The van der Waals surface area contributed by atoms with Gasteiger partial charge in [0.15, 0.2) is 11.5 Å².